The lowest BCUT2D eigenvalue weighted by Crippen LogP contribution is -2.60. The van der Waals surface area contributed by atoms with Gasteiger partial charge in [0.05, 0.1) is 18.7 Å². The number of carbonyl (C=O) groups is 3. The predicted molar refractivity (Wildman–Crippen MR) is 133 cm³/mol. The molecule has 190 valence electrons. The number of esters is 1. The van der Waals surface area contributed by atoms with Gasteiger partial charge < -0.3 is 15.0 Å². The van der Waals surface area contributed by atoms with E-state index in [0.717, 1.165) is 25.8 Å². The van der Waals surface area contributed by atoms with Crippen molar-refractivity contribution in [3.05, 3.63) is 11.6 Å². The largest absolute Gasteiger partial charge is 0.463 e. The van der Waals surface area contributed by atoms with Gasteiger partial charge in [-0.05, 0) is 51.0 Å². The lowest BCUT2D eigenvalue weighted by Gasteiger charge is -2.40. The SMILES string of the molecule is CCOC(=O)/C(C)=C/[C@H](C(C)C)N(C)C(=O)[C@@H](NC(=O)C1CC[C@@H](CC)CN1C)C(C)(C)C. The number of rotatable bonds is 9. The van der Waals surface area contributed by atoms with Gasteiger partial charge in [-0.15, -0.1) is 0 Å². The summed E-state index contributed by atoms with van der Waals surface area (Å²) in [6, 6.07) is -1.20. The summed E-state index contributed by atoms with van der Waals surface area (Å²) in [6.45, 7) is 16.8. The summed E-state index contributed by atoms with van der Waals surface area (Å²) in [5.41, 5.74) is 0.00240. The summed E-state index contributed by atoms with van der Waals surface area (Å²) >= 11 is 0. The Balaban J connectivity index is 3.09. The fraction of sp³-hybridized carbons (Fsp3) is 0.808. The molecule has 1 unspecified atom stereocenters. The van der Waals surface area contributed by atoms with Crippen molar-refractivity contribution >= 4 is 17.8 Å². The van der Waals surface area contributed by atoms with Crippen LogP contribution < -0.4 is 5.32 Å². The molecule has 7 heteroatoms. The third-order valence-corrected chi connectivity index (χ3v) is 6.70. The van der Waals surface area contributed by atoms with Gasteiger partial charge in [-0.2, -0.15) is 0 Å². The van der Waals surface area contributed by atoms with Gasteiger partial charge in [0.1, 0.15) is 6.04 Å². The second kappa shape index (κ2) is 12.5. The van der Waals surface area contributed by atoms with Gasteiger partial charge in [-0.25, -0.2) is 4.79 Å². The number of hydrogen-bond donors (Lipinski definition) is 1. The minimum absolute atomic E-state index is 0.0788. The van der Waals surface area contributed by atoms with Crippen LogP contribution in [0.2, 0.25) is 0 Å². The van der Waals surface area contributed by atoms with Crippen molar-refractivity contribution in [2.75, 3.05) is 27.2 Å². The molecule has 1 aliphatic rings. The second-order valence-corrected chi connectivity index (χ2v) is 10.9. The van der Waals surface area contributed by atoms with E-state index in [4.69, 9.17) is 4.74 Å². The number of likely N-dealkylation sites (tertiary alicyclic amines) is 1. The van der Waals surface area contributed by atoms with Gasteiger partial charge in [0.25, 0.3) is 0 Å². The molecule has 0 aromatic rings. The van der Waals surface area contributed by atoms with Gasteiger partial charge in [-0.1, -0.05) is 54.0 Å². The predicted octanol–water partition coefficient (Wildman–Crippen LogP) is 3.63. The topological polar surface area (TPSA) is 79.0 Å². The Hall–Kier alpha value is -1.89. The minimum Gasteiger partial charge on any atom is -0.463 e. The number of likely N-dealkylation sites (N-methyl/N-ethyl adjacent to an activating group) is 2. The average Bonchev–Trinajstić information content (AvgIpc) is 2.73. The van der Waals surface area contributed by atoms with Gasteiger partial charge >= 0.3 is 5.97 Å². The van der Waals surface area contributed by atoms with E-state index in [2.05, 4.69) is 17.1 Å². The number of carbonyl (C=O) groups excluding carboxylic acids is 3. The molecule has 1 saturated heterocycles. The van der Waals surface area contributed by atoms with Crippen molar-refractivity contribution in [1.29, 1.82) is 0 Å². The standard InChI is InChI=1S/C26H47N3O4/c1-11-19-13-14-20(28(9)16-19)23(30)27-22(26(6,7)8)24(31)29(10)21(17(3)4)15-18(5)25(32)33-12-2/h15,17,19-22H,11-14,16H2,1-10H3,(H,27,30)/b18-15+/t19-,20?,21-,22-/m1/s1. The number of nitrogens with one attached hydrogen (secondary N) is 1. The molecule has 33 heavy (non-hydrogen) atoms. The van der Waals surface area contributed by atoms with Crippen LogP contribution in [0.5, 0.6) is 0 Å². The lowest BCUT2D eigenvalue weighted by atomic mass is 9.84. The highest BCUT2D eigenvalue weighted by molar-refractivity contribution is 5.91. The minimum atomic E-state index is -0.676. The van der Waals surface area contributed by atoms with Crippen molar-refractivity contribution in [3.63, 3.8) is 0 Å². The van der Waals surface area contributed by atoms with Crippen molar-refractivity contribution in [3.8, 4) is 0 Å². The lowest BCUT2D eigenvalue weighted by molar-refractivity contribution is -0.142. The molecule has 1 aliphatic heterocycles. The molecule has 0 aromatic carbocycles. The molecular formula is C26H47N3O4. The van der Waals surface area contributed by atoms with Crippen LogP contribution in [0, 0.1) is 17.3 Å². The second-order valence-electron chi connectivity index (χ2n) is 10.9. The van der Waals surface area contributed by atoms with E-state index in [1.807, 2.05) is 41.7 Å². The molecule has 0 aromatic heterocycles. The number of ether oxygens (including phenoxy) is 1. The normalized spacial score (nSPS) is 22.0. The zero-order valence-electron chi connectivity index (χ0n) is 22.5. The van der Waals surface area contributed by atoms with Crippen LogP contribution in [0.1, 0.15) is 74.7 Å². The van der Waals surface area contributed by atoms with Crippen LogP contribution in [0.4, 0.5) is 0 Å². The number of hydrogen-bond acceptors (Lipinski definition) is 5. The molecule has 1 heterocycles. The van der Waals surface area contributed by atoms with Crippen molar-refractivity contribution < 1.29 is 19.1 Å². The highest BCUT2D eigenvalue weighted by Gasteiger charge is 2.39. The summed E-state index contributed by atoms with van der Waals surface area (Å²) in [5.74, 6) is 0.0670. The summed E-state index contributed by atoms with van der Waals surface area (Å²) < 4.78 is 5.10. The summed E-state index contributed by atoms with van der Waals surface area (Å²) in [6.07, 6.45) is 4.74. The van der Waals surface area contributed by atoms with Crippen LogP contribution in [0.25, 0.3) is 0 Å². The van der Waals surface area contributed by atoms with E-state index in [9.17, 15) is 14.4 Å². The number of amides is 2. The maximum absolute atomic E-state index is 13.7. The molecule has 1 N–H and O–H groups in total. The monoisotopic (exact) mass is 465 g/mol. The van der Waals surface area contributed by atoms with Crippen molar-refractivity contribution in [2.45, 2.75) is 92.8 Å². The van der Waals surface area contributed by atoms with Gasteiger partial charge in [0.15, 0.2) is 0 Å². The molecule has 4 atom stereocenters. The fourth-order valence-corrected chi connectivity index (χ4v) is 4.46. The van der Waals surface area contributed by atoms with E-state index < -0.39 is 11.5 Å². The Labute approximate surface area is 201 Å². The van der Waals surface area contributed by atoms with Crippen LogP contribution in [-0.4, -0.2) is 73.0 Å². The van der Waals surface area contributed by atoms with Gasteiger partial charge in [0.2, 0.25) is 11.8 Å². The maximum Gasteiger partial charge on any atom is 0.333 e. The Bertz CT molecular complexity index is 711. The highest BCUT2D eigenvalue weighted by atomic mass is 16.5. The van der Waals surface area contributed by atoms with Gasteiger partial charge in [-0.3, -0.25) is 14.5 Å². The Morgan fingerprint density at radius 2 is 1.79 bits per heavy atom. The van der Waals surface area contributed by atoms with Crippen LogP contribution in [0.15, 0.2) is 11.6 Å². The van der Waals surface area contributed by atoms with E-state index >= 15 is 0 Å². The van der Waals surface area contributed by atoms with E-state index in [1.165, 1.54) is 0 Å². The molecule has 0 aliphatic carbocycles. The molecule has 1 rings (SSSR count). The first-order valence-corrected chi connectivity index (χ1v) is 12.4. The number of nitrogens with zero attached hydrogens (tertiary/aromatic N) is 2. The first-order chi connectivity index (χ1) is 15.2. The van der Waals surface area contributed by atoms with Crippen molar-refractivity contribution in [1.82, 2.24) is 15.1 Å². The summed E-state index contributed by atoms with van der Waals surface area (Å²) in [5, 5.41) is 3.08. The zero-order chi connectivity index (χ0) is 25.5. The third kappa shape index (κ3) is 8.13. The van der Waals surface area contributed by atoms with Crippen LogP contribution in [-0.2, 0) is 19.1 Å². The molecule has 0 spiro atoms. The molecular weight excluding hydrogens is 418 g/mol. The van der Waals surface area contributed by atoms with Crippen molar-refractivity contribution in [2.24, 2.45) is 17.3 Å². The molecule has 0 saturated carbocycles. The smallest absolute Gasteiger partial charge is 0.333 e. The Morgan fingerprint density at radius 3 is 2.24 bits per heavy atom. The quantitative estimate of drug-likeness (QED) is 0.416. The zero-order valence-corrected chi connectivity index (χ0v) is 22.5. The van der Waals surface area contributed by atoms with E-state index in [1.54, 1.807) is 31.9 Å². The fourth-order valence-electron chi connectivity index (χ4n) is 4.46. The summed E-state index contributed by atoms with van der Waals surface area (Å²) in [4.78, 5) is 42.8. The molecule has 1 fully saturated rings. The third-order valence-electron chi connectivity index (χ3n) is 6.70. The average molecular weight is 466 g/mol. The Kier molecular flexibility index (Phi) is 11.1. The molecule has 0 bridgehead atoms. The Morgan fingerprint density at radius 1 is 1.18 bits per heavy atom. The molecule has 0 radical (unpaired) electrons. The van der Waals surface area contributed by atoms with Crippen LogP contribution in [0.3, 0.4) is 0 Å². The molecule has 2 amide bonds. The maximum atomic E-state index is 13.7. The highest BCUT2D eigenvalue weighted by Crippen LogP contribution is 2.26. The van der Waals surface area contributed by atoms with E-state index in [0.29, 0.717) is 18.1 Å². The molecule has 7 nitrogen and oxygen atoms in total. The number of piperidine rings is 1. The van der Waals surface area contributed by atoms with Crippen LogP contribution >= 0.6 is 0 Å². The summed E-state index contributed by atoms with van der Waals surface area (Å²) in [7, 11) is 3.73. The van der Waals surface area contributed by atoms with E-state index in [-0.39, 0.29) is 35.8 Å². The van der Waals surface area contributed by atoms with Gasteiger partial charge in [0, 0.05) is 19.2 Å². The first kappa shape index (κ1) is 29.1. The first-order valence-electron chi connectivity index (χ1n) is 12.4.